The number of carbonyl (C=O) groups is 1. The Bertz CT molecular complexity index is 905. The standard InChI is InChI=1S/C20H23N5OS3/c26-18(22-15-5-7-16(8-6-15)25-11-1-2-12-25)14-28-20-24-23-19(29-20)21-10-9-17-4-3-13-27-17/h3-8,13H,1-2,9-12,14H2,(H,21,23)(H,22,26). The number of hydrogen-bond donors (Lipinski definition) is 2. The normalized spacial score (nSPS) is 13.6. The Balaban J connectivity index is 1.19. The van der Waals surface area contributed by atoms with Crippen molar-refractivity contribution in [2.24, 2.45) is 0 Å². The molecule has 1 fully saturated rings. The van der Waals surface area contributed by atoms with Gasteiger partial charge in [0.25, 0.3) is 0 Å². The Morgan fingerprint density at radius 3 is 2.72 bits per heavy atom. The minimum atomic E-state index is -0.0358. The van der Waals surface area contributed by atoms with Crippen molar-refractivity contribution in [1.29, 1.82) is 0 Å². The molecule has 6 nitrogen and oxygen atoms in total. The third kappa shape index (κ3) is 5.94. The van der Waals surface area contributed by atoms with Gasteiger partial charge in [-0.2, -0.15) is 0 Å². The van der Waals surface area contributed by atoms with Gasteiger partial charge < -0.3 is 15.5 Å². The second-order valence-electron chi connectivity index (χ2n) is 6.71. The van der Waals surface area contributed by atoms with Crippen LogP contribution in [-0.2, 0) is 11.2 Å². The predicted molar refractivity (Wildman–Crippen MR) is 124 cm³/mol. The maximum absolute atomic E-state index is 12.2. The summed E-state index contributed by atoms with van der Waals surface area (Å²) in [7, 11) is 0. The summed E-state index contributed by atoms with van der Waals surface area (Å²) in [5, 5.41) is 17.4. The fourth-order valence-electron chi connectivity index (χ4n) is 3.14. The zero-order valence-corrected chi connectivity index (χ0v) is 18.4. The van der Waals surface area contributed by atoms with E-state index in [0.717, 1.165) is 41.2 Å². The lowest BCUT2D eigenvalue weighted by Gasteiger charge is -2.17. The molecule has 0 unspecified atom stereocenters. The highest BCUT2D eigenvalue weighted by Crippen LogP contribution is 2.26. The number of nitrogens with zero attached hydrogens (tertiary/aromatic N) is 3. The average Bonchev–Trinajstić information content (AvgIpc) is 3.50. The summed E-state index contributed by atoms with van der Waals surface area (Å²) in [6.07, 6.45) is 3.49. The highest BCUT2D eigenvalue weighted by atomic mass is 32.2. The molecule has 3 aromatic rings. The van der Waals surface area contributed by atoms with Crippen LogP contribution in [0.15, 0.2) is 46.1 Å². The number of thiophene rings is 1. The molecule has 1 saturated heterocycles. The van der Waals surface area contributed by atoms with Crippen molar-refractivity contribution < 1.29 is 4.79 Å². The van der Waals surface area contributed by atoms with E-state index < -0.39 is 0 Å². The molecule has 9 heteroatoms. The number of rotatable bonds is 9. The SMILES string of the molecule is O=C(CSc1nnc(NCCc2cccs2)s1)Nc1ccc(N2CCCC2)cc1. The Labute approximate surface area is 182 Å². The first-order valence-corrected chi connectivity index (χ1v) is 12.3. The van der Waals surface area contributed by atoms with Crippen molar-refractivity contribution in [2.75, 3.05) is 40.9 Å². The number of benzene rings is 1. The monoisotopic (exact) mass is 445 g/mol. The van der Waals surface area contributed by atoms with Gasteiger partial charge in [-0.1, -0.05) is 29.2 Å². The molecule has 0 aliphatic carbocycles. The van der Waals surface area contributed by atoms with E-state index in [1.54, 1.807) is 11.3 Å². The number of hydrogen-bond acceptors (Lipinski definition) is 8. The van der Waals surface area contributed by atoms with Gasteiger partial charge in [-0.15, -0.1) is 21.5 Å². The van der Waals surface area contributed by atoms with Crippen molar-refractivity contribution in [3.05, 3.63) is 46.7 Å². The number of amides is 1. The van der Waals surface area contributed by atoms with Crippen LogP contribution in [0.4, 0.5) is 16.5 Å². The minimum absolute atomic E-state index is 0.0358. The van der Waals surface area contributed by atoms with Crippen LogP contribution in [0.5, 0.6) is 0 Å². The van der Waals surface area contributed by atoms with Crippen molar-refractivity contribution in [1.82, 2.24) is 10.2 Å². The van der Waals surface area contributed by atoms with Crippen LogP contribution in [0.25, 0.3) is 0 Å². The van der Waals surface area contributed by atoms with Gasteiger partial charge in [-0.3, -0.25) is 4.79 Å². The molecule has 0 radical (unpaired) electrons. The van der Waals surface area contributed by atoms with E-state index in [-0.39, 0.29) is 5.91 Å². The Kier molecular flexibility index (Phi) is 7.02. The second kappa shape index (κ2) is 10.1. The van der Waals surface area contributed by atoms with E-state index in [1.807, 2.05) is 12.1 Å². The van der Waals surface area contributed by atoms with Gasteiger partial charge in [-0.05, 0) is 55.0 Å². The van der Waals surface area contributed by atoms with E-state index in [1.165, 1.54) is 46.5 Å². The number of anilines is 3. The van der Waals surface area contributed by atoms with Gasteiger partial charge in [0.2, 0.25) is 11.0 Å². The summed E-state index contributed by atoms with van der Waals surface area (Å²) in [6, 6.07) is 12.3. The van der Waals surface area contributed by atoms with Gasteiger partial charge in [0.05, 0.1) is 5.75 Å². The molecule has 152 valence electrons. The van der Waals surface area contributed by atoms with Gasteiger partial charge >= 0.3 is 0 Å². The summed E-state index contributed by atoms with van der Waals surface area (Å²) >= 11 is 4.65. The van der Waals surface area contributed by atoms with E-state index in [9.17, 15) is 4.79 Å². The van der Waals surface area contributed by atoms with E-state index in [4.69, 9.17) is 0 Å². The summed E-state index contributed by atoms with van der Waals surface area (Å²) < 4.78 is 0.795. The van der Waals surface area contributed by atoms with Gasteiger partial charge in [-0.25, -0.2) is 0 Å². The molecule has 2 aromatic heterocycles. The van der Waals surface area contributed by atoms with E-state index in [2.05, 4.69) is 55.4 Å². The maximum atomic E-state index is 12.2. The lowest BCUT2D eigenvalue weighted by atomic mass is 10.2. The lowest BCUT2D eigenvalue weighted by molar-refractivity contribution is -0.113. The smallest absolute Gasteiger partial charge is 0.234 e. The van der Waals surface area contributed by atoms with Crippen molar-refractivity contribution in [3.63, 3.8) is 0 Å². The first kappa shape index (κ1) is 20.2. The predicted octanol–water partition coefficient (Wildman–Crippen LogP) is 4.59. The summed E-state index contributed by atoms with van der Waals surface area (Å²) in [5.74, 6) is 0.281. The second-order valence-corrected chi connectivity index (χ2v) is 9.94. The molecule has 0 saturated carbocycles. The van der Waals surface area contributed by atoms with Crippen molar-refractivity contribution >= 4 is 56.8 Å². The van der Waals surface area contributed by atoms with Crippen molar-refractivity contribution in [3.8, 4) is 0 Å². The van der Waals surface area contributed by atoms with Crippen LogP contribution in [0.1, 0.15) is 17.7 Å². The zero-order chi connectivity index (χ0) is 19.9. The van der Waals surface area contributed by atoms with Crippen molar-refractivity contribution in [2.45, 2.75) is 23.6 Å². The zero-order valence-electron chi connectivity index (χ0n) is 16.0. The first-order chi connectivity index (χ1) is 14.3. The van der Waals surface area contributed by atoms with Gasteiger partial charge in [0, 0.05) is 35.9 Å². The van der Waals surface area contributed by atoms with Gasteiger partial charge in [0.15, 0.2) is 4.34 Å². The molecule has 0 atom stereocenters. The van der Waals surface area contributed by atoms with Crippen LogP contribution in [0, 0.1) is 0 Å². The average molecular weight is 446 g/mol. The molecule has 3 heterocycles. The molecule has 4 rings (SSSR count). The number of nitrogens with one attached hydrogen (secondary N) is 2. The van der Waals surface area contributed by atoms with Gasteiger partial charge in [0.1, 0.15) is 0 Å². The molecule has 2 N–H and O–H groups in total. The van der Waals surface area contributed by atoms with E-state index in [0.29, 0.717) is 5.75 Å². The Hall–Kier alpha value is -2.10. The molecular weight excluding hydrogens is 422 g/mol. The van der Waals surface area contributed by atoms with Crippen LogP contribution in [0.2, 0.25) is 0 Å². The molecule has 0 spiro atoms. The van der Waals surface area contributed by atoms with Crippen LogP contribution < -0.4 is 15.5 Å². The molecule has 0 bridgehead atoms. The highest BCUT2D eigenvalue weighted by molar-refractivity contribution is 8.01. The quantitative estimate of drug-likeness (QED) is 0.470. The third-order valence-electron chi connectivity index (χ3n) is 4.58. The van der Waals surface area contributed by atoms with E-state index >= 15 is 0 Å². The first-order valence-electron chi connectivity index (χ1n) is 9.64. The van der Waals surface area contributed by atoms with Crippen LogP contribution in [0.3, 0.4) is 0 Å². The summed E-state index contributed by atoms with van der Waals surface area (Å²) in [4.78, 5) is 16.0. The topological polar surface area (TPSA) is 70.1 Å². The molecule has 1 aliphatic rings. The Morgan fingerprint density at radius 1 is 1.14 bits per heavy atom. The fraction of sp³-hybridized carbons (Fsp3) is 0.350. The number of carbonyl (C=O) groups excluding carboxylic acids is 1. The fourth-order valence-corrected chi connectivity index (χ4v) is 5.43. The molecular formula is C20H23N5OS3. The molecule has 29 heavy (non-hydrogen) atoms. The highest BCUT2D eigenvalue weighted by Gasteiger charge is 2.12. The summed E-state index contributed by atoms with van der Waals surface area (Å²) in [5.41, 5.74) is 2.05. The summed E-state index contributed by atoms with van der Waals surface area (Å²) in [6.45, 7) is 3.07. The lowest BCUT2D eigenvalue weighted by Crippen LogP contribution is -2.18. The van der Waals surface area contributed by atoms with Crippen LogP contribution in [-0.4, -0.2) is 41.5 Å². The number of thioether (sulfide) groups is 1. The minimum Gasteiger partial charge on any atom is -0.372 e. The van der Waals surface area contributed by atoms with Crippen LogP contribution >= 0.6 is 34.4 Å². The molecule has 1 aromatic carbocycles. The third-order valence-corrected chi connectivity index (χ3v) is 7.53. The molecule has 1 aliphatic heterocycles. The maximum Gasteiger partial charge on any atom is 0.234 e. The Morgan fingerprint density at radius 2 is 1.97 bits per heavy atom. The largest absolute Gasteiger partial charge is 0.372 e. The number of aromatic nitrogens is 2. The molecule has 1 amide bonds.